The number of halogens is 2. The topological polar surface area (TPSA) is 91.0 Å². The van der Waals surface area contributed by atoms with Crippen molar-refractivity contribution in [1.29, 1.82) is 0 Å². The smallest absolute Gasteiger partial charge is 0.319 e. The number of amides is 2. The molecular formula is C19H18F2N6O. The molecule has 0 bridgehead atoms. The first-order valence-corrected chi connectivity index (χ1v) is 8.49. The summed E-state index contributed by atoms with van der Waals surface area (Å²) in [5.74, 6) is 0.0733. The fraction of sp³-hybridized carbons (Fsp3) is 0.105. The molecule has 144 valence electrons. The molecule has 0 saturated carbocycles. The summed E-state index contributed by atoms with van der Waals surface area (Å²) in [6.07, 6.45) is 1.57. The van der Waals surface area contributed by atoms with Gasteiger partial charge in [-0.25, -0.2) is 18.6 Å². The predicted molar refractivity (Wildman–Crippen MR) is 104 cm³/mol. The Labute approximate surface area is 160 Å². The summed E-state index contributed by atoms with van der Waals surface area (Å²) in [7, 11) is 0. The molecule has 7 nitrogen and oxygen atoms in total. The van der Waals surface area contributed by atoms with Gasteiger partial charge in [-0.15, -0.1) is 0 Å². The normalized spacial score (nSPS) is 10.2. The second-order valence-corrected chi connectivity index (χ2v) is 5.68. The molecule has 0 aliphatic heterocycles. The van der Waals surface area contributed by atoms with Crippen LogP contribution >= 0.6 is 0 Å². The van der Waals surface area contributed by atoms with Crippen molar-refractivity contribution in [3.63, 3.8) is 0 Å². The van der Waals surface area contributed by atoms with Crippen LogP contribution in [0, 0.1) is 11.6 Å². The molecule has 0 aliphatic carbocycles. The maximum atomic E-state index is 13.5. The average Bonchev–Trinajstić information content (AvgIpc) is 2.69. The van der Waals surface area contributed by atoms with Crippen LogP contribution in [-0.2, 0) is 0 Å². The zero-order chi connectivity index (χ0) is 19.8. The van der Waals surface area contributed by atoms with Crippen LogP contribution < -0.4 is 21.3 Å². The van der Waals surface area contributed by atoms with Crippen molar-refractivity contribution in [3.8, 4) is 0 Å². The maximum Gasteiger partial charge on any atom is 0.319 e. The van der Waals surface area contributed by atoms with Gasteiger partial charge in [0, 0.05) is 25.0 Å². The summed E-state index contributed by atoms with van der Waals surface area (Å²) in [5, 5.41) is 11.1. The number of anilines is 4. The van der Waals surface area contributed by atoms with Crippen LogP contribution in [0.3, 0.4) is 0 Å². The van der Waals surface area contributed by atoms with Gasteiger partial charge in [0.2, 0.25) is 5.95 Å². The number of hydrogen-bond donors (Lipinski definition) is 4. The fourth-order valence-corrected chi connectivity index (χ4v) is 2.28. The van der Waals surface area contributed by atoms with Crippen LogP contribution in [0.5, 0.6) is 0 Å². The molecule has 0 atom stereocenters. The fourth-order valence-electron chi connectivity index (χ4n) is 2.28. The van der Waals surface area contributed by atoms with E-state index in [0.29, 0.717) is 30.5 Å². The van der Waals surface area contributed by atoms with Gasteiger partial charge in [-0.1, -0.05) is 12.1 Å². The van der Waals surface area contributed by atoms with E-state index in [1.165, 1.54) is 24.3 Å². The SMILES string of the molecule is O=C(NCCNc1ccnc(Nc2ccc(F)cc2)n1)Nc1ccccc1F. The van der Waals surface area contributed by atoms with E-state index >= 15 is 0 Å². The number of urea groups is 1. The lowest BCUT2D eigenvalue weighted by Crippen LogP contribution is -2.33. The lowest BCUT2D eigenvalue weighted by atomic mass is 10.3. The van der Waals surface area contributed by atoms with Crippen molar-refractivity contribution in [2.24, 2.45) is 0 Å². The molecule has 9 heteroatoms. The standard InChI is InChI=1S/C19H18F2N6O/c20-13-5-7-14(8-6-13)25-18-23-10-9-17(27-18)22-11-12-24-19(28)26-16-4-2-1-3-15(16)21/h1-10H,11-12H2,(H2,24,26,28)(H2,22,23,25,27). The lowest BCUT2D eigenvalue weighted by molar-refractivity contribution is 0.252. The van der Waals surface area contributed by atoms with Gasteiger partial charge in [0.1, 0.15) is 17.5 Å². The minimum atomic E-state index is -0.506. The minimum Gasteiger partial charge on any atom is -0.368 e. The molecule has 1 aromatic heterocycles. The molecule has 0 unspecified atom stereocenters. The summed E-state index contributed by atoms with van der Waals surface area (Å²) in [4.78, 5) is 20.2. The molecule has 2 amide bonds. The monoisotopic (exact) mass is 384 g/mol. The third-order valence-electron chi connectivity index (χ3n) is 3.59. The Bertz CT molecular complexity index is 936. The van der Waals surface area contributed by atoms with Crippen LogP contribution in [0.2, 0.25) is 0 Å². The number of benzene rings is 2. The molecule has 0 saturated heterocycles. The highest BCUT2D eigenvalue weighted by Crippen LogP contribution is 2.14. The molecule has 3 aromatic rings. The van der Waals surface area contributed by atoms with Crippen molar-refractivity contribution in [3.05, 3.63) is 72.4 Å². The molecule has 28 heavy (non-hydrogen) atoms. The summed E-state index contributed by atoms with van der Waals surface area (Å²) >= 11 is 0. The van der Waals surface area contributed by atoms with E-state index in [-0.39, 0.29) is 11.5 Å². The summed E-state index contributed by atoms with van der Waals surface area (Å²) < 4.78 is 26.4. The largest absolute Gasteiger partial charge is 0.368 e. The van der Waals surface area contributed by atoms with Crippen LogP contribution in [0.15, 0.2) is 60.8 Å². The highest BCUT2D eigenvalue weighted by Gasteiger charge is 2.05. The highest BCUT2D eigenvalue weighted by atomic mass is 19.1. The summed E-state index contributed by atoms with van der Waals surface area (Å²) in [5.41, 5.74) is 0.769. The van der Waals surface area contributed by atoms with Gasteiger partial charge in [-0.2, -0.15) is 4.98 Å². The number of aromatic nitrogens is 2. The van der Waals surface area contributed by atoms with Gasteiger partial charge in [0.15, 0.2) is 0 Å². The van der Waals surface area contributed by atoms with Crippen molar-refractivity contribution < 1.29 is 13.6 Å². The number of nitrogens with one attached hydrogen (secondary N) is 4. The molecule has 2 aromatic carbocycles. The van der Waals surface area contributed by atoms with Gasteiger partial charge in [-0.05, 0) is 42.5 Å². The number of carbonyl (C=O) groups is 1. The van der Waals surface area contributed by atoms with Gasteiger partial charge in [-0.3, -0.25) is 0 Å². The molecule has 0 spiro atoms. The van der Waals surface area contributed by atoms with E-state index in [1.807, 2.05) is 0 Å². The first-order chi connectivity index (χ1) is 13.6. The quantitative estimate of drug-likeness (QED) is 0.466. The van der Waals surface area contributed by atoms with Crippen molar-refractivity contribution >= 4 is 29.2 Å². The van der Waals surface area contributed by atoms with Crippen LogP contribution in [0.25, 0.3) is 0 Å². The van der Waals surface area contributed by atoms with E-state index in [2.05, 4.69) is 31.2 Å². The third kappa shape index (κ3) is 5.63. The first-order valence-electron chi connectivity index (χ1n) is 8.49. The molecule has 1 heterocycles. The Morgan fingerprint density at radius 1 is 0.964 bits per heavy atom. The van der Waals surface area contributed by atoms with Crippen molar-refractivity contribution in [2.75, 3.05) is 29.0 Å². The average molecular weight is 384 g/mol. The molecule has 3 rings (SSSR count). The first kappa shape index (κ1) is 19.0. The van der Waals surface area contributed by atoms with Gasteiger partial charge in [0.25, 0.3) is 0 Å². The zero-order valence-corrected chi connectivity index (χ0v) is 14.7. The van der Waals surface area contributed by atoms with E-state index in [1.54, 1.807) is 36.5 Å². The number of nitrogens with zero attached hydrogens (tertiary/aromatic N) is 2. The van der Waals surface area contributed by atoms with Crippen molar-refractivity contribution in [2.45, 2.75) is 0 Å². The zero-order valence-electron chi connectivity index (χ0n) is 14.7. The molecular weight excluding hydrogens is 366 g/mol. The second kappa shape index (κ2) is 9.26. The van der Waals surface area contributed by atoms with E-state index in [9.17, 15) is 13.6 Å². The Kier molecular flexibility index (Phi) is 6.29. The molecule has 0 fully saturated rings. The number of hydrogen-bond acceptors (Lipinski definition) is 5. The van der Waals surface area contributed by atoms with E-state index in [0.717, 1.165) is 0 Å². The molecule has 4 N–H and O–H groups in total. The number of rotatable bonds is 7. The highest BCUT2D eigenvalue weighted by molar-refractivity contribution is 5.89. The molecule has 0 radical (unpaired) electrons. The number of carbonyl (C=O) groups excluding carboxylic acids is 1. The summed E-state index contributed by atoms with van der Waals surface area (Å²) in [6.45, 7) is 0.697. The Hall–Kier alpha value is -3.75. The van der Waals surface area contributed by atoms with Crippen molar-refractivity contribution in [1.82, 2.24) is 15.3 Å². The maximum absolute atomic E-state index is 13.5. The number of para-hydroxylation sites is 1. The second-order valence-electron chi connectivity index (χ2n) is 5.68. The summed E-state index contributed by atoms with van der Waals surface area (Å²) in [6, 6.07) is 12.9. The van der Waals surface area contributed by atoms with Gasteiger partial charge < -0.3 is 21.3 Å². The third-order valence-corrected chi connectivity index (χ3v) is 3.59. The predicted octanol–water partition coefficient (Wildman–Crippen LogP) is 3.73. The van der Waals surface area contributed by atoms with Crippen LogP contribution in [0.4, 0.5) is 36.7 Å². The van der Waals surface area contributed by atoms with E-state index < -0.39 is 11.8 Å². The molecule has 0 aliphatic rings. The van der Waals surface area contributed by atoms with Gasteiger partial charge in [0.05, 0.1) is 5.69 Å². The minimum absolute atomic E-state index is 0.111. The van der Waals surface area contributed by atoms with Gasteiger partial charge >= 0.3 is 6.03 Å². The Balaban J connectivity index is 1.44. The van der Waals surface area contributed by atoms with E-state index in [4.69, 9.17) is 0 Å². The van der Waals surface area contributed by atoms with Crippen LogP contribution in [0.1, 0.15) is 0 Å². The lowest BCUT2D eigenvalue weighted by Gasteiger charge is -2.10. The van der Waals surface area contributed by atoms with Crippen LogP contribution in [-0.4, -0.2) is 29.1 Å². The Morgan fingerprint density at radius 2 is 1.75 bits per heavy atom. The Morgan fingerprint density at radius 3 is 2.54 bits per heavy atom.